The molecule has 170 valence electrons. The second-order valence-corrected chi connectivity index (χ2v) is 7.71. The lowest BCUT2D eigenvalue weighted by Crippen LogP contribution is -2.28. The first-order chi connectivity index (χ1) is 15.0. The molecule has 0 aromatic heterocycles. The Kier molecular flexibility index (Phi) is 10.7. The Morgan fingerprint density at radius 3 is 2.23 bits per heavy atom. The van der Waals surface area contributed by atoms with Crippen molar-refractivity contribution in [3.63, 3.8) is 0 Å². The number of nitrogens with one attached hydrogen (secondary N) is 1. The molecule has 0 spiro atoms. The van der Waals surface area contributed by atoms with E-state index in [4.69, 9.17) is 14.2 Å². The number of carbonyl (C=O) groups is 1. The van der Waals surface area contributed by atoms with E-state index in [0.717, 1.165) is 29.7 Å². The third-order valence-electron chi connectivity index (χ3n) is 4.78. The third-order valence-corrected chi connectivity index (χ3v) is 5.52. The Hall–Kier alpha value is -2.25. The summed E-state index contributed by atoms with van der Waals surface area (Å²) in [5.74, 6) is 1.83. The summed E-state index contributed by atoms with van der Waals surface area (Å²) in [5.41, 5.74) is 1.49. The van der Waals surface area contributed by atoms with Gasteiger partial charge in [-0.1, -0.05) is 41.9 Å². The smallest absolute Gasteiger partial charge is 0.228 e. The second-order valence-electron chi connectivity index (χ2n) is 6.85. The number of anilines is 1. The fourth-order valence-corrected chi connectivity index (χ4v) is 3.60. The van der Waals surface area contributed by atoms with Crippen molar-refractivity contribution in [3.8, 4) is 17.2 Å². The topological polar surface area (TPSA) is 60.0 Å². The van der Waals surface area contributed by atoms with E-state index in [9.17, 15) is 4.79 Å². The Balaban J connectivity index is 2.07. The fraction of sp³-hybridized carbons (Fsp3) is 0.458. The molecule has 1 amide bonds. The van der Waals surface area contributed by atoms with E-state index in [1.807, 2.05) is 50.2 Å². The maximum absolute atomic E-state index is 12.8. The van der Waals surface area contributed by atoms with E-state index in [0.29, 0.717) is 42.8 Å². The Labute approximate surface area is 194 Å². The number of halogens is 1. The number of nitrogens with zero attached hydrogens (tertiary/aromatic N) is 1. The lowest BCUT2D eigenvalue weighted by molar-refractivity contribution is -0.115. The van der Waals surface area contributed by atoms with Crippen LogP contribution >= 0.6 is 15.9 Å². The van der Waals surface area contributed by atoms with Crippen LogP contribution < -0.4 is 19.5 Å². The summed E-state index contributed by atoms with van der Waals surface area (Å²) < 4.78 is 18.1. The van der Waals surface area contributed by atoms with Gasteiger partial charge in [0.1, 0.15) is 12.4 Å². The van der Waals surface area contributed by atoms with E-state index in [1.54, 1.807) is 0 Å². The molecule has 0 saturated heterocycles. The van der Waals surface area contributed by atoms with Gasteiger partial charge in [-0.3, -0.25) is 4.79 Å². The predicted octanol–water partition coefficient (Wildman–Crippen LogP) is 5.15. The van der Waals surface area contributed by atoms with Gasteiger partial charge in [0, 0.05) is 11.0 Å². The van der Waals surface area contributed by atoms with Crippen LogP contribution in [0.5, 0.6) is 17.2 Å². The molecule has 0 radical (unpaired) electrons. The summed E-state index contributed by atoms with van der Waals surface area (Å²) in [6, 6.07) is 11.2. The first-order valence-corrected chi connectivity index (χ1v) is 11.6. The molecule has 7 heteroatoms. The largest absolute Gasteiger partial charge is 0.490 e. The monoisotopic (exact) mass is 492 g/mol. The molecule has 1 N–H and O–H groups in total. The highest BCUT2D eigenvalue weighted by Gasteiger charge is 2.15. The van der Waals surface area contributed by atoms with Gasteiger partial charge in [0.25, 0.3) is 0 Å². The van der Waals surface area contributed by atoms with Crippen LogP contribution in [-0.2, 0) is 11.2 Å². The van der Waals surface area contributed by atoms with Crippen molar-refractivity contribution in [1.82, 2.24) is 4.90 Å². The molecule has 0 aliphatic carbocycles. The highest BCUT2D eigenvalue weighted by Crippen LogP contribution is 2.34. The first kappa shape index (κ1) is 25.0. The van der Waals surface area contributed by atoms with Gasteiger partial charge < -0.3 is 24.4 Å². The number of amides is 1. The Morgan fingerprint density at radius 2 is 1.58 bits per heavy atom. The SMILES string of the molecule is CCOc1cc(Br)c(CC(=O)Nc2ccccc2OCCN(CC)CC)cc1OCC. The van der Waals surface area contributed by atoms with Gasteiger partial charge in [-0.05, 0) is 56.8 Å². The van der Waals surface area contributed by atoms with Crippen LogP contribution in [0.15, 0.2) is 40.9 Å². The minimum atomic E-state index is -0.132. The third kappa shape index (κ3) is 7.74. The number of benzene rings is 2. The average molecular weight is 493 g/mol. The minimum absolute atomic E-state index is 0.132. The summed E-state index contributed by atoms with van der Waals surface area (Å²) in [7, 11) is 0. The summed E-state index contributed by atoms with van der Waals surface area (Å²) in [4.78, 5) is 15.1. The molecule has 0 fully saturated rings. The second kappa shape index (κ2) is 13.2. The molecular weight excluding hydrogens is 460 g/mol. The zero-order valence-corrected chi connectivity index (χ0v) is 20.5. The summed E-state index contributed by atoms with van der Waals surface area (Å²) in [5, 5.41) is 2.97. The van der Waals surface area contributed by atoms with Gasteiger partial charge in [-0.15, -0.1) is 0 Å². The summed E-state index contributed by atoms with van der Waals surface area (Å²) in [6.45, 7) is 12.5. The lowest BCUT2D eigenvalue weighted by atomic mass is 10.1. The first-order valence-electron chi connectivity index (χ1n) is 10.8. The Morgan fingerprint density at radius 1 is 0.935 bits per heavy atom. The van der Waals surface area contributed by atoms with E-state index in [-0.39, 0.29) is 12.3 Å². The zero-order chi connectivity index (χ0) is 22.6. The normalized spacial score (nSPS) is 10.8. The van der Waals surface area contributed by atoms with Crippen LogP contribution in [0.1, 0.15) is 33.3 Å². The van der Waals surface area contributed by atoms with E-state index < -0.39 is 0 Å². The summed E-state index contributed by atoms with van der Waals surface area (Å²) >= 11 is 3.55. The average Bonchev–Trinajstić information content (AvgIpc) is 2.76. The quantitative estimate of drug-likeness (QED) is 0.418. The molecular formula is C24H33BrN2O4. The maximum Gasteiger partial charge on any atom is 0.228 e. The predicted molar refractivity (Wildman–Crippen MR) is 129 cm³/mol. The van der Waals surface area contributed by atoms with Gasteiger partial charge in [0.2, 0.25) is 5.91 Å². The van der Waals surface area contributed by atoms with Crippen LogP contribution in [0.3, 0.4) is 0 Å². The molecule has 0 unspecified atom stereocenters. The van der Waals surface area contributed by atoms with Crippen LogP contribution in [0.25, 0.3) is 0 Å². The van der Waals surface area contributed by atoms with Crippen molar-refractivity contribution >= 4 is 27.5 Å². The molecule has 0 aliphatic rings. The summed E-state index contributed by atoms with van der Waals surface area (Å²) in [6.07, 6.45) is 0.195. The zero-order valence-electron chi connectivity index (χ0n) is 18.9. The molecule has 0 bridgehead atoms. The number of hydrogen-bond acceptors (Lipinski definition) is 5. The van der Waals surface area contributed by atoms with E-state index in [1.165, 1.54) is 0 Å². The highest BCUT2D eigenvalue weighted by atomic mass is 79.9. The van der Waals surface area contributed by atoms with Crippen molar-refractivity contribution in [1.29, 1.82) is 0 Å². The lowest BCUT2D eigenvalue weighted by Gasteiger charge is -2.19. The number of hydrogen-bond donors (Lipinski definition) is 1. The van der Waals surface area contributed by atoms with Crippen molar-refractivity contribution in [3.05, 3.63) is 46.4 Å². The van der Waals surface area contributed by atoms with Crippen LogP contribution in [-0.4, -0.2) is 50.3 Å². The number of ether oxygens (including phenoxy) is 3. The molecule has 0 saturated carbocycles. The minimum Gasteiger partial charge on any atom is -0.490 e. The molecule has 2 aromatic carbocycles. The molecule has 0 atom stereocenters. The molecule has 6 nitrogen and oxygen atoms in total. The number of carbonyl (C=O) groups excluding carboxylic acids is 1. The molecule has 0 heterocycles. The van der Waals surface area contributed by atoms with Gasteiger partial charge in [0.15, 0.2) is 11.5 Å². The maximum atomic E-state index is 12.8. The van der Waals surface area contributed by atoms with Crippen LogP contribution in [0, 0.1) is 0 Å². The van der Waals surface area contributed by atoms with Gasteiger partial charge in [-0.2, -0.15) is 0 Å². The van der Waals surface area contributed by atoms with Crippen LogP contribution in [0.4, 0.5) is 5.69 Å². The van der Waals surface area contributed by atoms with E-state index >= 15 is 0 Å². The molecule has 0 aliphatic heterocycles. The van der Waals surface area contributed by atoms with Crippen molar-refractivity contribution in [2.24, 2.45) is 0 Å². The van der Waals surface area contributed by atoms with Gasteiger partial charge in [-0.25, -0.2) is 0 Å². The highest BCUT2D eigenvalue weighted by molar-refractivity contribution is 9.10. The molecule has 2 aromatic rings. The van der Waals surface area contributed by atoms with Gasteiger partial charge in [0.05, 0.1) is 25.3 Å². The van der Waals surface area contributed by atoms with Crippen molar-refractivity contribution in [2.75, 3.05) is 44.8 Å². The van der Waals surface area contributed by atoms with E-state index in [2.05, 4.69) is 40.0 Å². The van der Waals surface area contributed by atoms with Crippen molar-refractivity contribution in [2.45, 2.75) is 34.1 Å². The molecule has 2 rings (SSSR count). The fourth-order valence-electron chi connectivity index (χ4n) is 3.14. The number of para-hydroxylation sites is 2. The number of rotatable bonds is 13. The van der Waals surface area contributed by atoms with Crippen molar-refractivity contribution < 1.29 is 19.0 Å². The van der Waals surface area contributed by atoms with Gasteiger partial charge >= 0.3 is 0 Å². The Bertz CT molecular complexity index is 840. The standard InChI is InChI=1S/C24H33BrN2O4/c1-5-27(6-2)13-14-31-21-12-10-9-11-20(21)26-24(28)16-18-15-22(29-7-3)23(30-8-4)17-19(18)25/h9-12,15,17H,5-8,13-14,16H2,1-4H3,(H,26,28). The molecule has 31 heavy (non-hydrogen) atoms. The van der Waals surface area contributed by atoms with Crippen LogP contribution in [0.2, 0.25) is 0 Å². The number of likely N-dealkylation sites (N-methyl/N-ethyl adjacent to an activating group) is 1.